The number of hydrogen-bond donors (Lipinski definition) is 1. The van der Waals surface area contributed by atoms with Crippen molar-refractivity contribution >= 4 is 27.4 Å². The van der Waals surface area contributed by atoms with Crippen molar-refractivity contribution in [1.82, 2.24) is 19.6 Å². The molecule has 1 aliphatic heterocycles. The lowest BCUT2D eigenvalue weighted by molar-refractivity contribution is -0.141. The summed E-state index contributed by atoms with van der Waals surface area (Å²) in [6.45, 7) is 1.13. The zero-order valence-electron chi connectivity index (χ0n) is 13.2. The molecule has 0 radical (unpaired) electrons. The SMILES string of the molecule is O=C(O)C1CCCN(c2nn3c(=O)cc(-c4ccccn4)nc3s2)C1. The molecule has 128 valence electrons. The lowest BCUT2D eigenvalue weighted by atomic mass is 9.99. The van der Waals surface area contributed by atoms with Crippen LogP contribution in [0, 0.1) is 5.92 Å². The number of carbonyl (C=O) groups is 1. The molecule has 1 atom stereocenters. The van der Waals surface area contributed by atoms with E-state index in [1.165, 1.54) is 21.9 Å². The van der Waals surface area contributed by atoms with Crippen LogP contribution in [0.15, 0.2) is 35.3 Å². The molecule has 3 aromatic heterocycles. The second-order valence-corrected chi connectivity index (χ2v) is 6.83. The minimum atomic E-state index is -0.793. The number of rotatable bonds is 3. The summed E-state index contributed by atoms with van der Waals surface area (Å²) < 4.78 is 1.26. The van der Waals surface area contributed by atoms with Gasteiger partial charge in [-0.1, -0.05) is 17.4 Å². The van der Waals surface area contributed by atoms with E-state index < -0.39 is 11.9 Å². The van der Waals surface area contributed by atoms with E-state index >= 15 is 0 Å². The van der Waals surface area contributed by atoms with Gasteiger partial charge in [-0.05, 0) is 25.0 Å². The van der Waals surface area contributed by atoms with Crippen LogP contribution in [0.1, 0.15) is 12.8 Å². The summed E-state index contributed by atoms with van der Waals surface area (Å²) in [5, 5.41) is 14.2. The average Bonchev–Trinajstić information content (AvgIpc) is 3.07. The lowest BCUT2D eigenvalue weighted by Crippen LogP contribution is -2.38. The fourth-order valence-electron chi connectivity index (χ4n) is 2.93. The standard InChI is InChI=1S/C16H15N5O3S/c22-13-8-12(11-5-1-2-6-17-11)18-15-21(13)19-16(25-15)20-7-3-4-10(9-20)14(23)24/h1-2,5-6,8,10H,3-4,7,9H2,(H,23,24). The van der Waals surface area contributed by atoms with Crippen molar-refractivity contribution in [2.24, 2.45) is 5.92 Å². The molecule has 0 aliphatic carbocycles. The lowest BCUT2D eigenvalue weighted by Gasteiger charge is -2.29. The third kappa shape index (κ3) is 2.98. The molecular weight excluding hydrogens is 342 g/mol. The summed E-state index contributed by atoms with van der Waals surface area (Å²) in [6.07, 6.45) is 3.10. The van der Waals surface area contributed by atoms with Gasteiger partial charge in [0.1, 0.15) is 0 Å². The number of pyridine rings is 1. The zero-order chi connectivity index (χ0) is 17.4. The summed E-state index contributed by atoms with van der Waals surface area (Å²) in [5.41, 5.74) is 0.851. The molecule has 0 bridgehead atoms. The molecule has 0 saturated carbocycles. The Bertz CT molecular complexity index is 984. The average molecular weight is 357 g/mol. The molecule has 1 aliphatic rings. The number of fused-ring (bicyclic) bond motifs is 1. The molecule has 1 unspecified atom stereocenters. The molecule has 3 aromatic rings. The molecule has 8 nitrogen and oxygen atoms in total. The zero-order valence-corrected chi connectivity index (χ0v) is 14.0. The normalized spacial score (nSPS) is 17.8. The van der Waals surface area contributed by atoms with Crippen molar-refractivity contribution in [3.05, 3.63) is 40.8 Å². The Kier molecular flexibility index (Phi) is 3.92. The van der Waals surface area contributed by atoms with E-state index in [0.29, 0.717) is 34.4 Å². The first kappa shape index (κ1) is 15.7. The van der Waals surface area contributed by atoms with Gasteiger partial charge < -0.3 is 10.0 Å². The largest absolute Gasteiger partial charge is 0.481 e. The van der Waals surface area contributed by atoms with Crippen LogP contribution in [0.3, 0.4) is 0 Å². The van der Waals surface area contributed by atoms with Gasteiger partial charge in [0.15, 0.2) is 0 Å². The summed E-state index contributed by atoms with van der Waals surface area (Å²) in [4.78, 5) is 34.7. The number of aromatic nitrogens is 4. The molecule has 9 heteroatoms. The molecule has 1 saturated heterocycles. The molecule has 1 fully saturated rings. The second-order valence-electron chi connectivity index (χ2n) is 5.90. The van der Waals surface area contributed by atoms with Crippen LogP contribution in [-0.4, -0.2) is 43.7 Å². The van der Waals surface area contributed by atoms with Crippen LogP contribution < -0.4 is 10.5 Å². The maximum absolute atomic E-state index is 12.4. The van der Waals surface area contributed by atoms with Gasteiger partial charge >= 0.3 is 5.97 Å². The Labute approximate surface area is 146 Å². The van der Waals surface area contributed by atoms with Crippen molar-refractivity contribution in [1.29, 1.82) is 0 Å². The smallest absolute Gasteiger partial charge is 0.308 e. The predicted octanol–water partition coefficient (Wildman–Crippen LogP) is 1.51. The van der Waals surface area contributed by atoms with Crippen molar-refractivity contribution < 1.29 is 9.90 Å². The van der Waals surface area contributed by atoms with Crippen molar-refractivity contribution in [3.8, 4) is 11.4 Å². The molecular formula is C16H15N5O3S. The Morgan fingerprint density at radius 3 is 2.96 bits per heavy atom. The van der Waals surface area contributed by atoms with Gasteiger partial charge in [0.05, 0.1) is 17.3 Å². The minimum absolute atomic E-state index is 0.278. The van der Waals surface area contributed by atoms with E-state index in [0.717, 1.165) is 13.0 Å². The third-order valence-electron chi connectivity index (χ3n) is 4.20. The predicted molar refractivity (Wildman–Crippen MR) is 92.9 cm³/mol. The maximum atomic E-state index is 12.4. The van der Waals surface area contributed by atoms with Gasteiger partial charge in [-0.3, -0.25) is 14.6 Å². The molecule has 0 spiro atoms. The van der Waals surface area contributed by atoms with E-state index in [4.69, 9.17) is 0 Å². The number of carboxylic acid groups (broad SMARTS) is 1. The highest BCUT2D eigenvalue weighted by Crippen LogP contribution is 2.27. The van der Waals surface area contributed by atoms with Gasteiger partial charge in [-0.25, -0.2) is 4.98 Å². The van der Waals surface area contributed by atoms with Crippen molar-refractivity contribution in [2.75, 3.05) is 18.0 Å². The van der Waals surface area contributed by atoms with Gasteiger partial charge in [0, 0.05) is 25.4 Å². The van der Waals surface area contributed by atoms with Crippen LogP contribution in [0.5, 0.6) is 0 Å². The number of carboxylic acids is 1. The Balaban J connectivity index is 1.72. The van der Waals surface area contributed by atoms with Crippen molar-refractivity contribution in [2.45, 2.75) is 12.8 Å². The van der Waals surface area contributed by atoms with Crippen LogP contribution in [0.4, 0.5) is 5.13 Å². The first-order valence-electron chi connectivity index (χ1n) is 7.92. The fourth-order valence-corrected chi connectivity index (χ4v) is 3.87. The summed E-state index contributed by atoms with van der Waals surface area (Å²) in [5.74, 6) is -1.20. The maximum Gasteiger partial charge on any atom is 0.308 e. The second kappa shape index (κ2) is 6.25. The van der Waals surface area contributed by atoms with Gasteiger partial charge in [0.25, 0.3) is 5.56 Å². The quantitative estimate of drug-likeness (QED) is 0.758. The Hall–Kier alpha value is -2.81. The topological polar surface area (TPSA) is 101 Å². The highest BCUT2D eigenvalue weighted by Gasteiger charge is 2.27. The van der Waals surface area contributed by atoms with E-state index in [2.05, 4.69) is 15.1 Å². The number of anilines is 1. The Morgan fingerprint density at radius 2 is 2.20 bits per heavy atom. The van der Waals surface area contributed by atoms with Crippen LogP contribution in [-0.2, 0) is 4.79 Å². The summed E-state index contributed by atoms with van der Waals surface area (Å²) in [6, 6.07) is 6.84. The van der Waals surface area contributed by atoms with E-state index in [1.807, 2.05) is 11.0 Å². The summed E-state index contributed by atoms with van der Waals surface area (Å²) in [7, 11) is 0. The molecule has 25 heavy (non-hydrogen) atoms. The van der Waals surface area contributed by atoms with E-state index in [-0.39, 0.29) is 5.56 Å². The number of hydrogen-bond acceptors (Lipinski definition) is 7. The molecule has 4 rings (SSSR count). The minimum Gasteiger partial charge on any atom is -0.481 e. The number of aliphatic carboxylic acids is 1. The van der Waals surface area contributed by atoms with Crippen LogP contribution in [0.2, 0.25) is 0 Å². The third-order valence-corrected chi connectivity index (χ3v) is 5.17. The highest BCUT2D eigenvalue weighted by molar-refractivity contribution is 7.20. The fraction of sp³-hybridized carbons (Fsp3) is 0.312. The van der Waals surface area contributed by atoms with Crippen LogP contribution in [0.25, 0.3) is 16.3 Å². The van der Waals surface area contributed by atoms with E-state index in [1.54, 1.807) is 18.3 Å². The van der Waals surface area contributed by atoms with Gasteiger partial charge in [-0.2, -0.15) is 4.52 Å². The number of nitrogens with zero attached hydrogens (tertiary/aromatic N) is 5. The first-order valence-corrected chi connectivity index (χ1v) is 8.73. The Morgan fingerprint density at radius 1 is 1.32 bits per heavy atom. The molecule has 0 amide bonds. The van der Waals surface area contributed by atoms with E-state index in [9.17, 15) is 14.7 Å². The molecule has 0 aromatic carbocycles. The van der Waals surface area contributed by atoms with Crippen LogP contribution >= 0.6 is 11.3 Å². The monoisotopic (exact) mass is 357 g/mol. The molecule has 4 heterocycles. The van der Waals surface area contributed by atoms with Gasteiger partial charge in [-0.15, -0.1) is 5.10 Å². The van der Waals surface area contributed by atoms with Crippen molar-refractivity contribution in [3.63, 3.8) is 0 Å². The van der Waals surface area contributed by atoms with Gasteiger partial charge in [0.2, 0.25) is 10.1 Å². The number of piperidine rings is 1. The highest BCUT2D eigenvalue weighted by atomic mass is 32.1. The summed E-state index contributed by atoms with van der Waals surface area (Å²) >= 11 is 1.29. The first-order chi connectivity index (χ1) is 12.1. The molecule has 1 N–H and O–H groups in total.